The average molecular weight is 218 g/mol. The Hall–Kier alpha value is -1.88. The highest BCUT2D eigenvalue weighted by atomic mass is 16.3. The van der Waals surface area contributed by atoms with Gasteiger partial charge in [-0.05, 0) is 25.2 Å². The molecule has 2 aromatic rings. The Kier molecular flexibility index (Phi) is 3.50. The maximum Gasteiger partial charge on any atom is 0.144 e. The smallest absolute Gasteiger partial charge is 0.144 e. The number of nitrogens with one attached hydrogen (secondary N) is 2. The highest BCUT2D eigenvalue weighted by Gasteiger charge is 1.99. The molecule has 84 valence electrons. The lowest BCUT2D eigenvalue weighted by atomic mass is 10.4. The molecule has 0 saturated carbocycles. The van der Waals surface area contributed by atoms with Gasteiger partial charge in [0, 0.05) is 6.20 Å². The monoisotopic (exact) mass is 218 g/mol. The first-order valence-corrected chi connectivity index (χ1v) is 5.11. The van der Waals surface area contributed by atoms with Crippen LogP contribution in [-0.4, -0.2) is 17.0 Å². The van der Waals surface area contributed by atoms with Crippen LogP contribution in [0.4, 0.5) is 5.82 Å². The van der Waals surface area contributed by atoms with Gasteiger partial charge in [0.1, 0.15) is 17.4 Å². The first-order chi connectivity index (χ1) is 7.88. The van der Waals surface area contributed by atoms with Crippen LogP contribution in [0.15, 0.2) is 35.1 Å². The van der Waals surface area contributed by atoms with Crippen LogP contribution in [0, 0.1) is 0 Å². The molecule has 0 unspecified atom stereocenters. The number of hydrogen-bond donors (Lipinski definition) is 2. The van der Waals surface area contributed by atoms with Crippen LogP contribution >= 0.6 is 0 Å². The summed E-state index contributed by atoms with van der Waals surface area (Å²) >= 11 is 0. The maximum absolute atomic E-state index is 5.21. The van der Waals surface area contributed by atoms with E-state index in [4.69, 9.17) is 4.42 Å². The molecule has 5 nitrogen and oxygen atoms in total. The van der Waals surface area contributed by atoms with Gasteiger partial charge in [-0.2, -0.15) is 0 Å². The minimum absolute atomic E-state index is 0.628. The van der Waals surface area contributed by atoms with Crippen LogP contribution in [0.25, 0.3) is 0 Å². The molecule has 16 heavy (non-hydrogen) atoms. The topological polar surface area (TPSA) is 63.0 Å². The van der Waals surface area contributed by atoms with Crippen LogP contribution in [0.3, 0.4) is 0 Å². The predicted molar refractivity (Wildman–Crippen MR) is 60.8 cm³/mol. The molecule has 2 aromatic heterocycles. The van der Waals surface area contributed by atoms with E-state index in [0.717, 1.165) is 17.4 Å². The fourth-order valence-electron chi connectivity index (χ4n) is 1.33. The summed E-state index contributed by atoms with van der Waals surface area (Å²) in [5.41, 5.74) is 0. The Morgan fingerprint density at radius 3 is 3.00 bits per heavy atom. The van der Waals surface area contributed by atoms with Gasteiger partial charge in [-0.25, -0.2) is 9.97 Å². The van der Waals surface area contributed by atoms with Gasteiger partial charge in [0.05, 0.1) is 19.4 Å². The second-order valence-electron chi connectivity index (χ2n) is 3.32. The van der Waals surface area contributed by atoms with Gasteiger partial charge >= 0.3 is 0 Å². The summed E-state index contributed by atoms with van der Waals surface area (Å²) in [5, 5.41) is 6.18. The lowest BCUT2D eigenvalue weighted by Crippen LogP contribution is -2.10. The Morgan fingerprint density at radius 1 is 1.31 bits per heavy atom. The van der Waals surface area contributed by atoms with Gasteiger partial charge in [-0.1, -0.05) is 0 Å². The summed E-state index contributed by atoms with van der Waals surface area (Å²) in [6.45, 7) is 1.29. The van der Waals surface area contributed by atoms with Gasteiger partial charge in [0.25, 0.3) is 0 Å². The molecule has 0 spiro atoms. The lowest BCUT2D eigenvalue weighted by Gasteiger charge is -2.04. The van der Waals surface area contributed by atoms with E-state index in [9.17, 15) is 0 Å². The molecule has 0 atom stereocenters. The Bertz CT molecular complexity index is 427. The van der Waals surface area contributed by atoms with Crippen LogP contribution < -0.4 is 10.6 Å². The van der Waals surface area contributed by atoms with Crippen LogP contribution in [0.1, 0.15) is 11.6 Å². The van der Waals surface area contributed by atoms with Gasteiger partial charge < -0.3 is 15.1 Å². The van der Waals surface area contributed by atoms with E-state index in [-0.39, 0.29) is 0 Å². The summed E-state index contributed by atoms with van der Waals surface area (Å²) in [6, 6.07) is 5.62. The minimum atomic E-state index is 0.628. The lowest BCUT2D eigenvalue weighted by molar-refractivity contribution is 0.517. The molecule has 0 aromatic carbocycles. The van der Waals surface area contributed by atoms with Crippen molar-refractivity contribution in [2.75, 3.05) is 12.4 Å². The highest BCUT2D eigenvalue weighted by molar-refractivity contribution is 5.33. The molecule has 0 aliphatic heterocycles. The van der Waals surface area contributed by atoms with Gasteiger partial charge in [-0.3, -0.25) is 0 Å². The number of rotatable bonds is 5. The fraction of sp³-hybridized carbons (Fsp3) is 0.273. The average Bonchev–Trinajstić information content (AvgIpc) is 2.80. The standard InChI is InChI=1S/C11H14N4O/c1-12-8-11-13-5-4-10(15-11)14-7-9-3-2-6-16-9/h2-6,12H,7-8H2,1H3,(H,13,14,15). The SMILES string of the molecule is CNCc1nccc(NCc2ccco2)n1. The second kappa shape index (κ2) is 5.27. The van der Waals surface area contributed by atoms with Crippen molar-refractivity contribution in [1.82, 2.24) is 15.3 Å². The zero-order valence-electron chi connectivity index (χ0n) is 9.10. The summed E-state index contributed by atoms with van der Waals surface area (Å²) in [7, 11) is 1.87. The van der Waals surface area contributed by atoms with Crippen LogP contribution in [0.5, 0.6) is 0 Å². The van der Waals surface area contributed by atoms with Crippen molar-refractivity contribution >= 4 is 5.82 Å². The van der Waals surface area contributed by atoms with Crippen molar-refractivity contribution in [2.45, 2.75) is 13.1 Å². The van der Waals surface area contributed by atoms with E-state index in [1.54, 1.807) is 12.5 Å². The number of nitrogens with zero attached hydrogens (tertiary/aromatic N) is 2. The molecular weight excluding hydrogens is 204 g/mol. The first-order valence-electron chi connectivity index (χ1n) is 5.11. The predicted octanol–water partition coefficient (Wildman–Crippen LogP) is 1.40. The third kappa shape index (κ3) is 2.80. The zero-order valence-corrected chi connectivity index (χ0v) is 9.10. The Morgan fingerprint density at radius 2 is 2.25 bits per heavy atom. The molecule has 2 heterocycles. The van der Waals surface area contributed by atoms with E-state index < -0.39 is 0 Å². The molecule has 2 N–H and O–H groups in total. The van der Waals surface area contributed by atoms with Crippen molar-refractivity contribution < 1.29 is 4.42 Å². The molecule has 2 rings (SSSR count). The van der Waals surface area contributed by atoms with Crippen molar-refractivity contribution in [3.8, 4) is 0 Å². The quantitative estimate of drug-likeness (QED) is 0.794. The second-order valence-corrected chi connectivity index (χ2v) is 3.32. The van der Waals surface area contributed by atoms with Crippen molar-refractivity contribution in [2.24, 2.45) is 0 Å². The highest BCUT2D eigenvalue weighted by Crippen LogP contribution is 2.06. The van der Waals surface area contributed by atoms with E-state index in [1.165, 1.54) is 0 Å². The normalized spacial score (nSPS) is 10.3. The minimum Gasteiger partial charge on any atom is -0.467 e. The third-order valence-electron chi connectivity index (χ3n) is 2.06. The molecule has 0 aliphatic rings. The molecule has 0 bridgehead atoms. The van der Waals surface area contributed by atoms with Gasteiger partial charge in [0.15, 0.2) is 0 Å². The molecule has 0 aliphatic carbocycles. The molecule has 5 heteroatoms. The Balaban J connectivity index is 1.96. The van der Waals surface area contributed by atoms with Crippen molar-refractivity contribution in [3.05, 3.63) is 42.2 Å². The van der Waals surface area contributed by atoms with Crippen molar-refractivity contribution in [1.29, 1.82) is 0 Å². The maximum atomic E-state index is 5.21. The van der Waals surface area contributed by atoms with Crippen molar-refractivity contribution in [3.63, 3.8) is 0 Å². The first kappa shape index (κ1) is 10.6. The van der Waals surface area contributed by atoms with E-state index in [0.29, 0.717) is 13.1 Å². The summed E-state index contributed by atoms with van der Waals surface area (Å²) in [6.07, 6.45) is 3.40. The van der Waals surface area contributed by atoms with Crippen LogP contribution in [-0.2, 0) is 13.1 Å². The fourth-order valence-corrected chi connectivity index (χ4v) is 1.33. The molecular formula is C11H14N4O. The number of anilines is 1. The molecule has 0 radical (unpaired) electrons. The summed E-state index contributed by atoms with van der Waals surface area (Å²) < 4.78 is 5.21. The van der Waals surface area contributed by atoms with E-state index >= 15 is 0 Å². The largest absolute Gasteiger partial charge is 0.467 e. The van der Waals surface area contributed by atoms with Gasteiger partial charge in [-0.15, -0.1) is 0 Å². The molecule has 0 saturated heterocycles. The van der Waals surface area contributed by atoms with Gasteiger partial charge in [0.2, 0.25) is 0 Å². The number of aromatic nitrogens is 2. The summed E-state index contributed by atoms with van der Waals surface area (Å²) in [5.74, 6) is 2.46. The number of furan rings is 1. The van der Waals surface area contributed by atoms with Crippen LogP contribution in [0.2, 0.25) is 0 Å². The molecule has 0 amide bonds. The summed E-state index contributed by atoms with van der Waals surface area (Å²) in [4.78, 5) is 8.47. The van der Waals surface area contributed by atoms with E-state index in [2.05, 4.69) is 20.6 Å². The Labute approximate surface area is 93.9 Å². The third-order valence-corrected chi connectivity index (χ3v) is 2.06. The number of hydrogen-bond acceptors (Lipinski definition) is 5. The van der Waals surface area contributed by atoms with E-state index in [1.807, 2.05) is 25.2 Å². The molecule has 0 fully saturated rings. The zero-order chi connectivity index (χ0) is 11.2.